The van der Waals surface area contributed by atoms with Crippen molar-refractivity contribution in [3.8, 4) is 11.5 Å². The van der Waals surface area contributed by atoms with Crippen molar-refractivity contribution in [2.24, 2.45) is 11.7 Å². The second-order valence-electron chi connectivity index (χ2n) is 4.72. The van der Waals surface area contributed by atoms with Crippen LogP contribution in [0.15, 0.2) is 24.3 Å². The van der Waals surface area contributed by atoms with Crippen LogP contribution in [0.4, 0.5) is 0 Å². The number of rotatable bonds is 9. The lowest BCUT2D eigenvalue weighted by atomic mass is 10.1. The van der Waals surface area contributed by atoms with Crippen molar-refractivity contribution in [3.63, 3.8) is 0 Å². The molecule has 0 saturated carbocycles. The maximum atomic E-state index is 5.72. The fourth-order valence-corrected chi connectivity index (χ4v) is 1.89. The number of methoxy groups -OCH3 is 1. The fourth-order valence-electron chi connectivity index (χ4n) is 1.82. The Bertz CT molecular complexity index is 409. The van der Waals surface area contributed by atoms with Crippen molar-refractivity contribution in [3.05, 3.63) is 24.3 Å². The van der Waals surface area contributed by atoms with Crippen LogP contribution in [0.25, 0.3) is 0 Å². The molecular formula is C15H24N2O2S. The summed E-state index contributed by atoms with van der Waals surface area (Å²) in [5.41, 5.74) is 5.65. The van der Waals surface area contributed by atoms with Gasteiger partial charge in [0, 0.05) is 19.0 Å². The van der Waals surface area contributed by atoms with Crippen LogP contribution >= 0.6 is 12.2 Å². The van der Waals surface area contributed by atoms with E-state index in [0.717, 1.165) is 31.1 Å². The summed E-state index contributed by atoms with van der Waals surface area (Å²) in [5.74, 6) is 1.91. The molecule has 0 radical (unpaired) electrons. The zero-order valence-electron chi connectivity index (χ0n) is 12.5. The maximum Gasteiger partial charge on any atom is 0.119 e. The van der Waals surface area contributed by atoms with Crippen molar-refractivity contribution in [1.82, 2.24) is 4.90 Å². The monoisotopic (exact) mass is 296 g/mol. The van der Waals surface area contributed by atoms with E-state index in [1.165, 1.54) is 0 Å². The number of hydrogen-bond donors (Lipinski definition) is 1. The second-order valence-corrected chi connectivity index (χ2v) is 5.19. The molecule has 1 aromatic carbocycles. The second kappa shape index (κ2) is 8.76. The Morgan fingerprint density at radius 1 is 1.30 bits per heavy atom. The van der Waals surface area contributed by atoms with E-state index in [-0.39, 0.29) is 5.92 Å². The molecule has 0 aliphatic rings. The SMILES string of the molecule is CCN(CCOc1ccc(OC)cc1)CC(C)C(N)=S. The van der Waals surface area contributed by atoms with Crippen molar-refractivity contribution < 1.29 is 9.47 Å². The highest BCUT2D eigenvalue weighted by Crippen LogP contribution is 2.16. The first-order chi connectivity index (χ1) is 9.56. The molecule has 0 aliphatic carbocycles. The Kier molecular flexibility index (Phi) is 7.33. The van der Waals surface area contributed by atoms with Gasteiger partial charge < -0.3 is 15.2 Å². The molecular weight excluding hydrogens is 272 g/mol. The number of nitrogens with zero attached hydrogens (tertiary/aromatic N) is 1. The molecule has 2 N–H and O–H groups in total. The summed E-state index contributed by atoms with van der Waals surface area (Å²) in [6.45, 7) is 7.51. The third-order valence-corrected chi connectivity index (χ3v) is 3.60. The van der Waals surface area contributed by atoms with Gasteiger partial charge in [0.2, 0.25) is 0 Å². The normalized spacial score (nSPS) is 12.2. The molecule has 4 nitrogen and oxygen atoms in total. The van der Waals surface area contributed by atoms with E-state index in [1.54, 1.807) is 7.11 Å². The van der Waals surface area contributed by atoms with E-state index in [1.807, 2.05) is 24.3 Å². The third-order valence-electron chi connectivity index (χ3n) is 3.20. The van der Waals surface area contributed by atoms with Gasteiger partial charge in [-0.2, -0.15) is 0 Å². The molecule has 0 aromatic heterocycles. The van der Waals surface area contributed by atoms with Gasteiger partial charge in [-0.05, 0) is 30.8 Å². The zero-order valence-corrected chi connectivity index (χ0v) is 13.3. The predicted molar refractivity (Wildman–Crippen MR) is 86.6 cm³/mol. The highest BCUT2D eigenvalue weighted by molar-refractivity contribution is 7.80. The van der Waals surface area contributed by atoms with E-state index in [2.05, 4.69) is 18.7 Å². The van der Waals surface area contributed by atoms with Crippen molar-refractivity contribution >= 4 is 17.2 Å². The molecule has 0 amide bonds. The molecule has 0 bridgehead atoms. The number of likely N-dealkylation sites (N-methyl/N-ethyl adjacent to an activating group) is 1. The van der Waals surface area contributed by atoms with Crippen LogP contribution in [-0.4, -0.2) is 43.2 Å². The van der Waals surface area contributed by atoms with Crippen LogP contribution in [0.3, 0.4) is 0 Å². The predicted octanol–water partition coefficient (Wildman–Crippen LogP) is 2.32. The lowest BCUT2D eigenvalue weighted by Crippen LogP contribution is -2.36. The van der Waals surface area contributed by atoms with Gasteiger partial charge >= 0.3 is 0 Å². The van der Waals surface area contributed by atoms with Gasteiger partial charge in [0.1, 0.15) is 18.1 Å². The molecule has 0 fully saturated rings. The van der Waals surface area contributed by atoms with Gasteiger partial charge in [-0.1, -0.05) is 26.1 Å². The summed E-state index contributed by atoms with van der Waals surface area (Å²) in [6, 6.07) is 7.60. The minimum Gasteiger partial charge on any atom is -0.497 e. The standard InChI is InChI=1S/C15H24N2O2S/c1-4-17(11-12(2)15(16)20)9-10-19-14-7-5-13(18-3)6-8-14/h5-8,12H,4,9-11H2,1-3H3,(H2,16,20). The lowest BCUT2D eigenvalue weighted by Gasteiger charge is -2.23. The van der Waals surface area contributed by atoms with Crippen LogP contribution in [0, 0.1) is 5.92 Å². The number of thiocarbonyl (C=S) groups is 1. The smallest absolute Gasteiger partial charge is 0.119 e. The Balaban J connectivity index is 2.35. The summed E-state index contributed by atoms with van der Waals surface area (Å²) in [7, 11) is 1.65. The van der Waals surface area contributed by atoms with Gasteiger partial charge in [-0.3, -0.25) is 4.90 Å². The molecule has 1 rings (SSSR count). The first kappa shape index (κ1) is 16.7. The Hall–Kier alpha value is -1.33. The summed E-state index contributed by atoms with van der Waals surface area (Å²) in [6.07, 6.45) is 0. The fraction of sp³-hybridized carbons (Fsp3) is 0.533. The topological polar surface area (TPSA) is 47.7 Å². The highest BCUT2D eigenvalue weighted by Gasteiger charge is 2.10. The molecule has 0 spiro atoms. The number of nitrogens with two attached hydrogens (primary N) is 1. The Morgan fingerprint density at radius 3 is 2.40 bits per heavy atom. The molecule has 1 unspecified atom stereocenters. The summed E-state index contributed by atoms with van der Waals surface area (Å²) in [4.78, 5) is 2.85. The quantitative estimate of drug-likeness (QED) is 0.709. The largest absolute Gasteiger partial charge is 0.497 e. The van der Waals surface area contributed by atoms with E-state index in [4.69, 9.17) is 27.4 Å². The third kappa shape index (κ3) is 5.75. The summed E-state index contributed by atoms with van der Waals surface area (Å²) >= 11 is 5.01. The molecule has 0 heterocycles. The first-order valence-electron chi connectivity index (χ1n) is 6.85. The van der Waals surface area contributed by atoms with E-state index in [9.17, 15) is 0 Å². The van der Waals surface area contributed by atoms with Crippen molar-refractivity contribution in [2.45, 2.75) is 13.8 Å². The van der Waals surface area contributed by atoms with Gasteiger partial charge in [0.25, 0.3) is 0 Å². The van der Waals surface area contributed by atoms with Crippen molar-refractivity contribution in [2.75, 3.05) is 33.4 Å². The molecule has 0 saturated heterocycles. The number of hydrogen-bond acceptors (Lipinski definition) is 4. The number of benzene rings is 1. The zero-order chi connectivity index (χ0) is 15.0. The maximum absolute atomic E-state index is 5.72. The Morgan fingerprint density at radius 2 is 1.90 bits per heavy atom. The van der Waals surface area contributed by atoms with Crippen molar-refractivity contribution in [1.29, 1.82) is 0 Å². The van der Waals surface area contributed by atoms with E-state index >= 15 is 0 Å². The molecule has 112 valence electrons. The molecule has 1 aromatic rings. The van der Waals surface area contributed by atoms with Crippen LogP contribution in [-0.2, 0) is 0 Å². The van der Waals surface area contributed by atoms with Crippen LogP contribution < -0.4 is 15.2 Å². The minimum absolute atomic E-state index is 0.228. The average Bonchev–Trinajstić information content (AvgIpc) is 2.46. The first-order valence-corrected chi connectivity index (χ1v) is 7.26. The molecule has 0 aliphatic heterocycles. The summed E-state index contributed by atoms with van der Waals surface area (Å²) in [5, 5.41) is 0. The molecule has 5 heteroatoms. The van der Waals surface area contributed by atoms with E-state index < -0.39 is 0 Å². The Labute approximate surface area is 126 Å². The lowest BCUT2D eigenvalue weighted by molar-refractivity contribution is 0.208. The minimum atomic E-state index is 0.228. The van der Waals surface area contributed by atoms with E-state index in [0.29, 0.717) is 11.6 Å². The van der Waals surface area contributed by atoms with Crippen LogP contribution in [0.2, 0.25) is 0 Å². The highest BCUT2D eigenvalue weighted by atomic mass is 32.1. The molecule has 20 heavy (non-hydrogen) atoms. The number of ether oxygens (including phenoxy) is 2. The van der Waals surface area contributed by atoms with Gasteiger partial charge in [0.15, 0.2) is 0 Å². The van der Waals surface area contributed by atoms with Crippen LogP contribution in [0.1, 0.15) is 13.8 Å². The molecule has 1 atom stereocenters. The average molecular weight is 296 g/mol. The summed E-state index contributed by atoms with van der Waals surface area (Å²) < 4.78 is 10.8. The van der Waals surface area contributed by atoms with Gasteiger partial charge in [-0.25, -0.2) is 0 Å². The van der Waals surface area contributed by atoms with Gasteiger partial charge in [0.05, 0.1) is 12.1 Å². The van der Waals surface area contributed by atoms with Gasteiger partial charge in [-0.15, -0.1) is 0 Å². The van der Waals surface area contributed by atoms with Crippen LogP contribution in [0.5, 0.6) is 11.5 Å².